The highest BCUT2D eigenvalue weighted by Gasteiger charge is 2.10. The molecule has 0 fully saturated rings. The highest BCUT2D eigenvalue weighted by Crippen LogP contribution is 2.28. The van der Waals surface area contributed by atoms with Crippen LogP contribution in [0.5, 0.6) is 0 Å². The summed E-state index contributed by atoms with van der Waals surface area (Å²) in [6.07, 6.45) is 0. The van der Waals surface area contributed by atoms with Gasteiger partial charge in [0.15, 0.2) is 0 Å². The van der Waals surface area contributed by atoms with Gasteiger partial charge in [0.25, 0.3) is 0 Å². The standard InChI is InChI=1S/C15H14BrClN2O/c1-9(13-7-4-11(16)8-14(13)17)19-12-5-2-10(3-6-12)15(18)20/h2-9,19H,1H3,(H2,18,20). The van der Waals surface area contributed by atoms with Crippen molar-refractivity contribution in [2.24, 2.45) is 5.73 Å². The summed E-state index contributed by atoms with van der Waals surface area (Å²) in [5.74, 6) is -0.430. The third kappa shape index (κ3) is 3.52. The summed E-state index contributed by atoms with van der Waals surface area (Å²) in [6, 6.07) is 12.9. The van der Waals surface area contributed by atoms with E-state index in [-0.39, 0.29) is 6.04 Å². The molecule has 0 spiro atoms. The number of rotatable bonds is 4. The third-order valence-corrected chi connectivity index (χ3v) is 3.80. The molecule has 0 saturated heterocycles. The zero-order chi connectivity index (χ0) is 14.7. The van der Waals surface area contributed by atoms with E-state index >= 15 is 0 Å². The van der Waals surface area contributed by atoms with Gasteiger partial charge in [-0.25, -0.2) is 0 Å². The smallest absolute Gasteiger partial charge is 0.248 e. The second kappa shape index (κ2) is 6.29. The molecule has 104 valence electrons. The average Bonchev–Trinajstić information content (AvgIpc) is 2.39. The number of amides is 1. The van der Waals surface area contributed by atoms with Gasteiger partial charge in [0.05, 0.1) is 0 Å². The summed E-state index contributed by atoms with van der Waals surface area (Å²) in [6.45, 7) is 2.02. The summed E-state index contributed by atoms with van der Waals surface area (Å²) in [4.78, 5) is 11.0. The van der Waals surface area contributed by atoms with E-state index in [2.05, 4.69) is 21.2 Å². The molecule has 0 bridgehead atoms. The molecule has 2 aromatic rings. The first-order valence-corrected chi connectivity index (χ1v) is 7.26. The molecule has 3 nitrogen and oxygen atoms in total. The van der Waals surface area contributed by atoms with Gasteiger partial charge in [-0.05, 0) is 48.9 Å². The number of hydrogen-bond donors (Lipinski definition) is 2. The number of anilines is 1. The van der Waals surface area contributed by atoms with E-state index in [9.17, 15) is 4.79 Å². The van der Waals surface area contributed by atoms with E-state index in [1.165, 1.54) is 0 Å². The first-order valence-electron chi connectivity index (χ1n) is 6.08. The lowest BCUT2D eigenvalue weighted by atomic mass is 10.1. The minimum absolute atomic E-state index is 0.0510. The van der Waals surface area contributed by atoms with Gasteiger partial charge >= 0.3 is 0 Å². The monoisotopic (exact) mass is 352 g/mol. The van der Waals surface area contributed by atoms with Crippen molar-refractivity contribution in [1.29, 1.82) is 0 Å². The maximum Gasteiger partial charge on any atom is 0.248 e. The van der Waals surface area contributed by atoms with E-state index in [0.29, 0.717) is 10.6 Å². The Morgan fingerprint density at radius 3 is 2.45 bits per heavy atom. The number of halogens is 2. The molecule has 20 heavy (non-hydrogen) atoms. The van der Waals surface area contributed by atoms with Crippen LogP contribution in [0.3, 0.4) is 0 Å². The minimum Gasteiger partial charge on any atom is -0.378 e. The Morgan fingerprint density at radius 2 is 1.90 bits per heavy atom. The van der Waals surface area contributed by atoms with E-state index in [1.807, 2.05) is 37.3 Å². The number of carbonyl (C=O) groups excluding carboxylic acids is 1. The van der Waals surface area contributed by atoms with Crippen molar-refractivity contribution < 1.29 is 4.79 Å². The molecular weight excluding hydrogens is 340 g/mol. The lowest BCUT2D eigenvalue weighted by Gasteiger charge is -2.17. The second-order valence-corrected chi connectivity index (χ2v) is 5.80. The van der Waals surface area contributed by atoms with Gasteiger partial charge in [-0.2, -0.15) is 0 Å². The molecular formula is C15H14BrClN2O. The summed E-state index contributed by atoms with van der Waals surface area (Å²) in [7, 11) is 0. The van der Waals surface area contributed by atoms with Gasteiger partial charge in [0, 0.05) is 26.8 Å². The van der Waals surface area contributed by atoms with E-state index in [0.717, 1.165) is 15.7 Å². The molecule has 3 N–H and O–H groups in total. The molecule has 1 unspecified atom stereocenters. The molecule has 5 heteroatoms. The van der Waals surface area contributed by atoms with Crippen LogP contribution < -0.4 is 11.1 Å². The van der Waals surface area contributed by atoms with Crippen molar-refractivity contribution in [2.45, 2.75) is 13.0 Å². The Hall–Kier alpha value is -1.52. The van der Waals surface area contributed by atoms with Crippen molar-refractivity contribution >= 4 is 39.1 Å². The molecule has 0 radical (unpaired) electrons. The van der Waals surface area contributed by atoms with Gasteiger partial charge in [-0.1, -0.05) is 33.6 Å². The molecule has 1 amide bonds. The van der Waals surface area contributed by atoms with Gasteiger partial charge in [0.1, 0.15) is 0 Å². The summed E-state index contributed by atoms with van der Waals surface area (Å²) >= 11 is 9.61. The van der Waals surface area contributed by atoms with Crippen LogP contribution in [0.2, 0.25) is 5.02 Å². The lowest BCUT2D eigenvalue weighted by Crippen LogP contribution is -2.11. The Labute approximate surface area is 131 Å². The fourth-order valence-corrected chi connectivity index (χ4v) is 2.75. The Morgan fingerprint density at radius 1 is 1.25 bits per heavy atom. The summed E-state index contributed by atoms with van der Waals surface area (Å²) in [5.41, 5.74) is 7.61. The van der Waals surface area contributed by atoms with Crippen molar-refractivity contribution in [3.05, 3.63) is 63.1 Å². The number of nitrogens with one attached hydrogen (secondary N) is 1. The third-order valence-electron chi connectivity index (χ3n) is 2.98. The molecule has 0 saturated carbocycles. The van der Waals surface area contributed by atoms with E-state index < -0.39 is 5.91 Å². The van der Waals surface area contributed by atoms with Crippen molar-refractivity contribution in [2.75, 3.05) is 5.32 Å². The van der Waals surface area contributed by atoms with Gasteiger partial charge in [-0.3, -0.25) is 4.79 Å². The van der Waals surface area contributed by atoms with Crippen LogP contribution in [0.25, 0.3) is 0 Å². The predicted octanol–water partition coefficient (Wildman–Crippen LogP) is 4.37. The highest BCUT2D eigenvalue weighted by molar-refractivity contribution is 9.10. The number of hydrogen-bond acceptors (Lipinski definition) is 2. The fourth-order valence-electron chi connectivity index (χ4n) is 1.91. The van der Waals surface area contributed by atoms with Gasteiger partial charge < -0.3 is 11.1 Å². The van der Waals surface area contributed by atoms with Gasteiger partial charge in [-0.15, -0.1) is 0 Å². The van der Waals surface area contributed by atoms with Crippen molar-refractivity contribution in [3.8, 4) is 0 Å². The average molecular weight is 354 g/mol. The second-order valence-electron chi connectivity index (χ2n) is 4.47. The maximum absolute atomic E-state index is 11.0. The van der Waals surface area contributed by atoms with Crippen LogP contribution in [0, 0.1) is 0 Å². The van der Waals surface area contributed by atoms with Crippen LogP contribution in [-0.4, -0.2) is 5.91 Å². The van der Waals surface area contributed by atoms with Crippen LogP contribution in [-0.2, 0) is 0 Å². The summed E-state index contributed by atoms with van der Waals surface area (Å²) in [5, 5.41) is 4.03. The minimum atomic E-state index is -0.430. The quantitative estimate of drug-likeness (QED) is 0.857. The number of primary amides is 1. The van der Waals surface area contributed by atoms with Crippen LogP contribution in [0.15, 0.2) is 46.9 Å². The largest absolute Gasteiger partial charge is 0.378 e. The van der Waals surface area contributed by atoms with Crippen molar-refractivity contribution in [3.63, 3.8) is 0 Å². The zero-order valence-electron chi connectivity index (χ0n) is 10.9. The Balaban J connectivity index is 2.14. The molecule has 1 atom stereocenters. The molecule has 2 aromatic carbocycles. The van der Waals surface area contributed by atoms with E-state index in [4.69, 9.17) is 17.3 Å². The molecule has 2 rings (SSSR count). The Bertz CT molecular complexity index is 628. The molecule has 0 aliphatic heterocycles. The van der Waals surface area contributed by atoms with E-state index in [1.54, 1.807) is 12.1 Å². The number of carbonyl (C=O) groups is 1. The highest BCUT2D eigenvalue weighted by atomic mass is 79.9. The SMILES string of the molecule is CC(Nc1ccc(C(N)=O)cc1)c1ccc(Br)cc1Cl. The zero-order valence-corrected chi connectivity index (χ0v) is 13.2. The molecule has 0 heterocycles. The first kappa shape index (κ1) is 14.9. The van der Waals surface area contributed by atoms with Gasteiger partial charge in [0.2, 0.25) is 5.91 Å². The fraction of sp³-hybridized carbons (Fsp3) is 0.133. The summed E-state index contributed by atoms with van der Waals surface area (Å²) < 4.78 is 0.948. The molecule has 0 aliphatic carbocycles. The van der Waals surface area contributed by atoms with Crippen molar-refractivity contribution in [1.82, 2.24) is 0 Å². The van der Waals surface area contributed by atoms with Crippen LogP contribution in [0.1, 0.15) is 28.9 Å². The van der Waals surface area contributed by atoms with Crippen LogP contribution >= 0.6 is 27.5 Å². The molecule has 0 aliphatic rings. The predicted molar refractivity (Wildman–Crippen MR) is 86.1 cm³/mol. The van der Waals surface area contributed by atoms with Crippen LogP contribution in [0.4, 0.5) is 5.69 Å². The Kier molecular flexibility index (Phi) is 4.68. The lowest BCUT2D eigenvalue weighted by molar-refractivity contribution is 0.100. The topological polar surface area (TPSA) is 55.1 Å². The maximum atomic E-state index is 11.0. The molecule has 0 aromatic heterocycles. The number of benzene rings is 2. The number of nitrogens with two attached hydrogens (primary N) is 1. The normalized spacial score (nSPS) is 11.9. The first-order chi connectivity index (χ1) is 9.47.